The molecule has 0 aliphatic carbocycles. The van der Waals surface area contributed by atoms with Crippen molar-refractivity contribution in [1.82, 2.24) is 14.8 Å². The van der Waals surface area contributed by atoms with Crippen LogP contribution in [0.1, 0.15) is 23.5 Å². The van der Waals surface area contributed by atoms with Gasteiger partial charge in [-0.1, -0.05) is 48.0 Å². The number of hydrogen-bond acceptors (Lipinski definition) is 5. The molecule has 1 amide bonds. The minimum absolute atomic E-state index is 0.0822. The molecule has 2 aliphatic heterocycles. The molecule has 4 rings (SSSR count). The van der Waals surface area contributed by atoms with Gasteiger partial charge in [0.25, 0.3) is 5.70 Å². The van der Waals surface area contributed by atoms with Crippen LogP contribution < -0.4 is 0 Å². The molecule has 3 heterocycles. The summed E-state index contributed by atoms with van der Waals surface area (Å²) in [5, 5.41) is 12.4. The lowest BCUT2D eigenvalue weighted by molar-refractivity contribution is -0.434. The van der Waals surface area contributed by atoms with Crippen LogP contribution in [0.2, 0.25) is 5.15 Å². The number of aromatic nitrogens is 1. The number of hydrogen-bond donors (Lipinski definition) is 0. The number of benzene rings is 1. The zero-order chi connectivity index (χ0) is 19.0. The molecule has 0 N–H and O–H groups in total. The average Bonchev–Trinajstić information content (AvgIpc) is 3.08. The Morgan fingerprint density at radius 3 is 2.63 bits per heavy atom. The standard InChI is InChI=1S/C19H17ClN4O3/c20-16-7-6-13(11-21-16)12-22-8-9-23-17(25)10-15(14-4-2-1-3-5-14)18(19(22)23)24(26)27/h1-7,11,15H,8-10,12H2. The minimum atomic E-state index is -0.552. The highest BCUT2D eigenvalue weighted by Crippen LogP contribution is 2.40. The first-order valence-corrected chi connectivity index (χ1v) is 9.01. The highest BCUT2D eigenvalue weighted by Gasteiger charge is 2.46. The van der Waals surface area contributed by atoms with Crippen LogP contribution in [0.5, 0.6) is 0 Å². The van der Waals surface area contributed by atoms with Crippen molar-refractivity contribution >= 4 is 17.5 Å². The third-order valence-electron chi connectivity index (χ3n) is 4.95. The minimum Gasteiger partial charge on any atom is -0.346 e. The number of allylic oxidation sites excluding steroid dienone is 1. The molecular weight excluding hydrogens is 368 g/mol. The van der Waals surface area contributed by atoms with E-state index in [1.165, 1.54) is 0 Å². The van der Waals surface area contributed by atoms with E-state index in [1.807, 2.05) is 41.3 Å². The molecular formula is C19H17ClN4O3. The monoisotopic (exact) mass is 384 g/mol. The molecule has 2 aliphatic rings. The van der Waals surface area contributed by atoms with Crippen LogP contribution in [0, 0.1) is 10.1 Å². The number of fused-ring (bicyclic) bond motifs is 1. The summed E-state index contributed by atoms with van der Waals surface area (Å²) in [5.74, 6) is -0.231. The van der Waals surface area contributed by atoms with E-state index in [1.54, 1.807) is 17.2 Å². The van der Waals surface area contributed by atoms with Crippen LogP contribution in [0.4, 0.5) is 0 Å². The smallest absolute Gasteiger partial charge is 0.294 e. The van der Waals surface area contributed by atoms with E-state index in [4.69, 9.17) is 11.6 Å². The van der Waals surface area contributed by atoms with Gasteiger partial charge in [-0.25, -0.2) is 4.98 Å². The third kappa shape index (κ3) is 3.26. The predicted octanol–water partition coefficient (Wildman–Crippen LogP) is 3.01. The molecule has 1 unspecified atom stereocenters. The molecule has 0 spiro atoms. The van der Waals surface area contributed by atoms with Gasteiger partial charge in [-0.3, -0.25) is 19.8 Å². The average molecular weight is 385 g/mol. The maximum atomic E-state index is 12.7. The number of nitro groups is 1. The van der Waals surface area contributed by atoms with E-state index in [9.17, 15) is 14.9 Å². The Kier molecular flexibility index (Phi) is 4.53. The van der Waals surface area contributed by atoms with Gasteiger partial charge in [0.05, 0.1) is 10.8 Å². The molecule has 1 aromatic heterocycles. The summed E-state index contributed by atoms with van der Waals surface area (Å²) >= 11 is 5.83. The van der Waals surface area contributed by atoms with Gasteiger partial charge in [0.2, 0.25) is 5.91 Å². The Morgan fingerprint density at radius 2 is 1.96 bits per heavy atom. The number of carbonyl (C=O) groups is 1. The Labute approximate surface area is 161 Å². The first-order valence-electron chi connectivity index (χ1n) is 8.64. The Hall–Kier alpha value is -2.93. The van der Waals surface area contributed by atoms with Gasteiger partial charge in [0.15, 0.2) is 5.82 Å². The highest BCUT2D eigenvalue weighted by molar-refractivity contribution is 6.29. The van der Waals surface area contributed by atoms with Gasteiger partial charge in [0, 0.05) is 32.3 Å². The van der Waals surface area contributed by atoms with Gasteiger partial charge in [0.1, 0.15) is 5.15 Å². The lowest BCUT2D eigenvalue weighted by Gasteiger charge is -2.30. The van der Waals surface area contributed by atoms with E-state index < -0.39 is 5.92 Å². The van der Waals surface area contributed by atoms with Gasteiger partial charge in [-0.15, -0.1) is 0 Å². The molecule has 0 saturated carbocycles. The fraction of sp³-hybridized carbons (Fsp3) is 0.263. The molecule has 0 radical (unpaired) electrons. The molecule has 0 bridgehead atoms. The molecule has 1 atom stereocenters. The van der Waals surface area contributed by atoms with Crippen LogP contribution >= 0.6 is 11.6 Å². The second-order valence-electron chi connectivity index (χ2n) is 6.59. The summed E-state index contributed by atoms with van der Waals surface area (Å²) in [5.41, 5.74) is 1.75. The summed E-state index contributed by atoms with van der Waals surface area (Å²) in [6.45, 7) is 1.43. The van der Waals surface area contributed by atoms with E-state index in [2.05, 4.69) is 4.98 Å². The number of rotatable bonds is 4. The van der Waals surface area contributed by atoms with Gasteiger partial charge >= 0.3 is 0 Å². The van der Waals surface area contributed by atoms with Crippen molar-refractivity contribution in [2.45, 2.75) is 18.9 Å². The fourth-order valence-corrected chi connectivity index (χ4v) is 3.84. The second-order valence-corrected chi connectivity index (χ2v) is 6.98. The number of pyridine rings is 1. The Balaban J connectivity index is 1.76. The Bertz CT molecular complexity index is 914. The normalized spacial score (nSPS) is 19.4. The Morgan fingerprint density at radius 1 is 1.19 bits per heavy atom. The number of halogens is 1. The number of nitrogens with zero attached hydrogens (tertiary/aromatic N) is 4. The second kappa shape index (κ2) is 7.00. The van der Waals surface area contributed by atoms with E-state index in [0.717, 1.165) is 11.1 Å². The molecule has 7 nitrogen and oxygen atoms in total. The van der Waals surface area contributed by atoms with Gasteiger partial charge in [-0.05, 0) is 17.2 Å². The van der Waals surface area contributed by atoms with Crippen LogP contribution in [-0.2, 0) is 11.3 Å². The molecule has 1 fully saturated rings. The van der Waals surface area contributed by atoms with Crippen molar-refractivity contribution in [2.24, 2.45) is 0 Å². The van der Waals surface area contributed by atoms with E-state index in [0.29, 0.717) is 30.6 Å². The van der Waals surface area contributed by atoms with Crippen molar-refractivity contribution in [3.05, 3.63) is 86.6 Å². The summed E-state index contributed by atoms with van der Waals surface area (Å²) in [7, 11) is 0. The van der Waals surface area contributed by atoms with Crippen molar-refractivity contribution in [3.8, 4) is 0 Å². The van der Waals surface area contributed by atoms with Crippen LogP contribution in [0.15, 0.2) is 60.2 Å². The molecule has 1 aromatic carbocycles. The summed E-state index contributed by atoms with van der Waals surface area (Å²) in [6, 6.07) is 12.7. The first kappa shape index (κ1) is 17.5. The molecule has 2 aromatic rings. The van der Waals surface area contributed by atoms with Crippen LogP contribution in [0.25, 0.3) is 0 Å². The van der Waals surface area contributed by atoms with Gasteiger partial charge < -0.3 is 4.90 Å². The highest BCUT2D eigenvalue weighted by atomic mass is 35.5. The quantitative estimate of drug-likeness (QED) is 0.460. The van der Waals surface area contributed by atoms with Crippen molar-refractivity contribution < 1.29 is 9.72 Å². The zero-order valence-corrected chi connectivity index (χ0v) is 15.2. The van der Waals surface area contributed by atoms with Gasteiger partial charge in [-0.2, -0.15) is 0 Å². The molecule has 27 heavy (non-hydrogen) atoms. The number of carbonyl (C=O) groups excluding carboxylic acids is 1. The maximum Gasteiger partial charge on any atom is 0.294 e. The van der Waals surface area contributed by atoms with E-state index >= 15 is 0 Å². The number of amides is 1. The molecule has 8 heteroatoms. The van der Waals surface area contributed by atoms with Crippen LogP contribution in [0.3, 0.4) is 0 Å². The largest absolute Gasteiger partial charge is 0.346 e. The topological polar surface area (TPSA) is 79.6 Å². The summed E-state index contributed by atoms with van der Waals surface area (Å²) < 4.78 is 0. The van der Waals surface area contributed by atoms with Crippen LogP contribution in [-0.4, -0.2) is 38.7 Å². The molecule has 138 valence electrons. The summed E-state index contributed by atoms with van der Waals surface area (Å²) in [6.07, 6.45) is 1.76. The summed E-state index contributed by atoms with van der Waals surface area (Å²) in [4.78, 5) is 31.8. The maximum absolute atomic E-state index is 12.7. The SMILES string of the molecule is O=C1CC(c2ccccc2)C([N+](=O)[O-])=C2N(Cc3ccc(Cl)nc3)CCN12. The predicted molar refractivity (Wildman–Crippen MR) is 99.2 cm³/mol. The zero-order valence-electron chi connectivity index (χ0n) is 14.4. The lowest BCUT2D eigenvalue weighted by atomic mass is 9.89. The van der Waals surface area contributed by atoms with Crippen molar-refractivity contribution in [1.29, 1.82) is 0 Å². The molecule has 1 saturated heterocycles. The fourth-order valence-electron chi connectivity index (χ4n) is 3.73. The van der Waals surface area contributed by atoms with Crippen molar-refractivity contribution in [2.75, 3.05) is 13.1 Å². The lowest BCUT2D eigenvalue weighted by Crippen LogP contribution is -2.38. The first-order chi connectivity index (χ1) is 13.0. The van der Waals surface area contributed by atoms with E-state index in [-0.39, 0.29) is 22.9 Å². The van der Waals surface area contributed by atoms with Crippen molar-refractivity contribution in [3.63, 3.8) is 0 Å². The third-order valence-corrected chi connectivity index (χ3v) is 5.17.